The summed E-state index contributed by atoms with van der Waals surface area (Å²) in [6.07, 6.45) is 4.19. The smallest absolute Gasteiger partial charge is 0.137 e. The fourth-order valence-electron chi connectivity index (χ4n) is 1.10. The van der Waals surface area contributed by atoms with Crippen LogP contribution < -0.4 is 0 Å². The van der Waals surface area contributed by atoms with Gasteiger partial charge < -0.3 is 0 Å². The Bertz CT molecular complexity index is 365. The Hall–Kier alpha value is -1.23. The van der Waals surface area contributed by atoms with E-state index in [1.54, 1.807) is 24.0 Å². The molecule has 0 bridgehead atoms. The van der Waals surface area contributed by atoms with Gasteiger partial charge in [-0.2, -0.15) is 5.10 Å². The van der Waals surface area contributed by atoms with Gasteiger partial charge in [-0.1, -0.05) is 0 Å². The van der Waals surface area contributed by atoms with Gasteiger partial charge in [-0.05, 0) is 6.92 Å². The molecule has 5 heteroatoms. The number of hydrogen-bond donors (Lipinski definition) is 0. The van der Waals surface area contributed by atoms with Gasteiger partial charge in [0, 0.05) is 18.3 Å². The monoisotopic (exact) mass is 194 g/mol. The Labute approximate surface area is 80.3 Å². The summed E-state index contributed by atoms with van der Waals surface area (Å²) in [5.74, 6) is 0. The van der Waals surface area contributed by atoms with Gasteiger partial charge in [0.2, 0.25) is 0 Å². The summed E-state index contributed by atoms with van der Waals surface area (Å²) in [5, 5.41) is 7.23. The quantitative estimate of drug-likeness (QED) is 0.739. The first-order chi connectivity index (χ1) is 6.34. The van der Waals surface area contributed by atoms with E-state index in [9.17, 15) is 0 Å². The molecule has 68 valence electrons. The van der Waals surface area contributed by atoms with Crippen LogP contribution in [0, 0.1) is 6.92 Å². The second-order valence-corrected chi connectivity index (χ2v) is 3.83. The minimum absolute atomic E-state index is 0.850. The van der Waals surface area contributed by atoms with E-state index in [4.69, 9.17) is 0 Å². The molecule has 0 amide bonds. The third-order valence-corrected chi connectivity index (χ3v) is 2.55. The highest BCUT2D eigenvalue weighted by Gasteiger charge is 1.98. The van der Waals surface area contributed by atoms with E-state index in [1.807, 2.05) is 11.6 Å². The van der Waals surface area contributed by atoms with E-state index in [2.05, 4.69) is 20.4 Å². The first kappa shape index (κ1) is 8.37. The maximum absolute atomic E-state index is 4.37. The summed E-state index contributed by atoms with van der Waals surface area (Å²) in [4.78, 5) is 8.24. The molecule has 0 saturated carbocycles. The number of aryl methyl sites for hydroxylation is 3. The van der Waals surface area contributed by atoms with Crippen LogP contribution in [0.2, 0.25) is 0 Å². The average Bonchev–Trinajstić information content (AvgIpc) is 2.71. The van der Waals surface area contributed by atoms with Crippen molar-refractivity contribution in [2.24, 2.45) is 0 Å². The molecule has 0 unspecified atom stereocenters. The lowest BCUT2D eigenvalue weighted by atomic mass is 10.3. The summed E-state index contributed by atoms with van der Waals surface area (Å²) in [6.45, 7) is 2.87. The van der Waals surface area contributed by atoms with Gasteiger partial charge in [0.1, 0.15) is 12.7 Å². The number of hydrogen-bond acceptors (Lipinski definition) is 4. The topological polar surface area (TPSA) is 43.6 Å². The Balaban J connectivity index is 1.93. The van der Waals surface area contributed by atoms with E-state index in [-0.39, 0.29) is 0 Å². The highest BCUT2D eigenvalue weighted by molar-refractivity contribution is 7.09. The van der Waals surface area contributed by atoms with Gasteiger partial charge in [0.15, 0.2) is 0 Å². The molecule has 0 radical (unpaired) electrons. The van der Waals surface area contributed by atoms with Crippen molar-refractivity contribution in [3.63, 3.8) is 0 Å². The maximum Gasteiger partial charge on any atom is 0.137 e. The van der Waals surface area contributed by atoms with Gasteiger partial charge in [0.05, 0.1) is 10.7 Å². The molecule has 0 saturated heterocycles. The predicted octanol–water partition coefficient (Wildman–Crippen LogP) is 1.29. The number of rotatable bonds is 3. The molecule has 4 nitrogen and oxygen atoms in total. The highest BCUT2D eigenvalue weighted by Crippen LogP contribution is 2.08. The molecule has 0 spiro atoms. The Kier molecular flexibility index (Phi) is 2.35. The summed E-state index contributed by atoms with van der Waals surface area (Å²) < 4.78 is 1.81. The van der Waals surface area contributed by atoms with Crippen LogP contribution in [0.4, 0.5) is 0 Å². The largest absolute Gasteiger partial charge is 0.253 e. The van der Waals surface area contributed by atoms with Gasteiger partial charge in [-0.3, -0.25) is 4.68 Å². The zero-order valence-electron chi connectivity index (χ0n) is 7.34. The SMILES string of the molecule is Cc1nc(CCn2cncn2)cs1. The molecule has 0 aromatic carbocycles. The third kappa shape index (κ3) is 2.12. The van der Waals surface area contributed by atoms with Crippen molar-refractivity contribution in [1.29, 1.82) is 0 Å². The number of nitrogens with zero attached hydrogens (tertiary/aromatic N) is 4. The summed E-state index contributed by atoms with van der Waals surface area (Å²) in [6, 6.07) is 0. The van der Waals surface area contributed by atoms with Crippen molar-refractivity contribution >= 4 is 11.3 Å². The lowest BCUT2D eigenvalue weighted by Crippen LogP contribution is -2.01. The second-order valence-electron chi connectivity index (χ2n) is 2.77. The van der Waals surface area contributed by atoms with Crippen LogP contribution in [0.15, 0.2) is 18.0 Å². The van der Waals surface area contributed by atoms with Crippen molar-refractivity contribution in [2.75, 3.05) is 0 Å². The molecule has 0 N–H and O–H groups in total. The van der Waals surface area contributed by atoms with Gasteiger partial charge in [0.25, 0.3) is 0 Å². The zero-order chi connectivity index (χ0) is 9.10. The zero-order valence-corrected chi connectivity index (χ0v) is 8.16. The Morgan fingerprint density at radius 2 is 2.46 bits per heavy atom. The molecule has 2 rings (SSSR count). The molecular weight excluding hydrogens is 184 g/mol. The van der Waals surface area contributed by atoms with E-state index >= 15 is 0 Å². The van der Waals surface area contributed by atoms with Gasteiger partial charge in [-0.25, -0.2) is 9.97 Å². The number of thiazole rings is 1. The van der Waals surface area contributed by atoms with Crippen LogP contribution in [0.1, 0.15) is 10.7 Å². The third-order valence-electron chi connectivity index (χ3n) is 1.73. The molecule has 2 aromatic heterocycles. The molecule has 0 fully saturated rings. The predicted molar refractivity (Wildman–Crippen MR) is 50.6 cm³/mol. The van der Waals surface area contributed by atoms with Crippen LogP contribution in [0.3, 0.4) is 0 Å². The Morgan fingerprint density at radius 3 is 3.08 bits per heavy atom. The molecule has 2 heterocycles. The van der Waals surface area contributed by atoms with Crippen molar-refractivity contribution in [2.45, 2.75) is 19.9 Å². The summed E-state index contributed by atoms with van der Waals surface area (Å²) >= 11 is 1.69. The van der Waals surface area contributed by atoms with E-state index in [0.717, 1.165) is 23.7 Å². The minimum Gasteiger partial charge on any atom is -0.253 e. The molecule has 0 aliphatic rings. The molecular formula is C8H10N4S. The lowest BCUT2D eigenvalue weighted by molar-refractivity contribution is 0.608. The van der Waals surface area contributed by atoms with Crippen molar-refractivity contribution in [3.8, 4) is 0 Å². The van der Waals surface area contributed by atoms with Gasteiger partial charge >= 0.3 is 0 Å². The Morgan fingerprint density at radius 1 is 1.54 bits per heavy atom. The fourth-order valence-corrected chi connectivity index (χ4v) is 1.75. The normalized spacial score (nSPS) is 10.5. The highest BCUT2D eigenvalue weighted by atomic mass is 32.1. The summed E-state index contributed by atoms with van der Waals surface area (Å²) in [7, 11) is 0. The molecule has 0 atom stereocenters. The average molecular weight is 194 g/mol. The standard InChI is InChI=1S/C8H10N4S/c1-7-11-8(4-13-7)2-3-12-6-9-5-10-12/h4-6H,2-3H2,1H3. The van der Waals surface area contributed by atoms with Crippen molar-refractivity contribution in [1.82, 2.24) is 19.7 Å². The van der Waals surface area contributed by atoms with Crippen molar-refractivity contribution in [3.05, 3.63) is 28.7 Å². The van der Waals surface area contributed by atoms with E-state index in [0.29, 0.717) is 0 Å². The summed E-state index contributed by atoms with van der Waals surface area (Å²) in [5.41, 5.74) is 1.14. The first-order valence-corrected chi connectivity index (χ1v) is 4.96. The van der Waals surface area contributed by atoms with Crippen LogP contribution in [-0.2, 0) is 13.0 Å². The van der Waals surface area contributed by atoms with E-state index < -0.39 is 0 Å². The first-order valence-electron chi connectivity index (χ1n) is 4.08. The van der Waals surface area contributed by atoms with E-state index in [1.165, 1.54) is 0 Å². The van der Waals surface area contributed by atoms with Crippen LogP contribution in [0.25, 0.3) is 0 Å². The molecule has 0 aliphatic carbocycles. The van der Waals surface area contributed by atoms with Crippen LogP contribution >= 0.6 is 11.3 Å². The van der Waals surface area contributed by atoms with Crippen LogP contribution in [-0.4, -0.2) is 19.7 Å². The van der Waals surface area contributed by atoms with Crippen molar-refractivity contribution < 1.29 is 0 Å². The van der Waals surface area contributed by atoms with Gasteiger partial charge in [-0.15, -0.1) is 11.3 Å². The second kappa shape index (κ2) is 3.66. The lowest BCUT2D eigenvalue weighted by Gasteiger charge is -1.96. The maximum atomic E-state index is 4.37. The minimum atomic E-state index is 0.850. The number of aromatic nitrogens is 4. The molecule has 2 aromatic rings. The van der Waals surface area contributed by atoms with Crippen LogP contribution in [0.5, 0.6) is 0 Å². The molecule has 13 heavy (non-hydrogen) atoms. The fraction of sp³-hybridized carbons (Fsp3) is 0.375. The molecule has 0 aliphatic heterocycles.